The number of nitrogens with one attached hydrogen (secondary N) is 4. The van der Waals surface area contributed by atoms with Crippen LogP contribution in [0.25, 0.3) is 22.4 Å². The van der Waals surface area contributed by atoms with Crippen LogP contribution in [0.3, 0.4) is 0 Å². The molecule has 0 aliphatic carbocycles. The van der Waals surface area contributed by atoms with Crippen molar-refractivity contribution in [3.8, 4) is 28.1 Å². The monoisotopic (exact) mass is 730 g/mol. The van der Waals surface area contributed by atoms with Crippen LogP contribution in [-0.2, 0) is 36.1 Å². The standard InChI is InChI=1S/C37H40Cl2N8O4/c1-46-29-13-15-47(19-24-9-11-32(49)43-24)20-28(29)44-36(46)37(50)45-27-5-3-4-25(33(27)38)26-12-14-41-35(34(26)39)21-6-7-22(30(16-21)51-2)17-40-18-23-8-10-31(48)42-23/h3-7,12,14,16,23-24,40H,8-11,13,15,17-20H2,1-2H3,(H,42,48)(H,43,49)(H,45,50)/t23-,24+/m0/s1. The molecule has 3 aliphatic heterocycles. The van der Waals surface area contributed by atoms with Gasteiger partial charge in [0, 0.05) is 105 Å². The van der Waals surface area contributed by atoms with Gasteiger partial charge in [0.15, 0.2) is 5.82 Å². The van der Waals surface area contributed by atoms with Crippen molar-refractivity contribution in [2.45, 2.75) is 57.3 Å². The summed E-state index contributed by atoms with van der Waals surface area (Å²) in [6.45, 7) is 3.47. The fraction of sp³-hybridized carbons (Fsp3) is 0.378. The van der Waals surface area contributed by atoms with Crippen LogP contribution in [0.1, 0.15) is 53.3 Å². The zero-order valence-corrected chi connectivity index (χ0v) is 30.0. The third kappa shape index (κ3) is 7.45. The van der Waals surface area contributed by atoms with Crippen LogP contribution in [0.4, 0.5) is 5.69 Å². The van der Waals surface area contributed by atoms with Gasteiger partial charge in [-0.3, -0.25) is 24.3 Å². The maximum atomic E-state index is 13.6. The van der Waals surface area contributed by atoms with Gasteiger partial charge in [0.2, 0.25) is 11.8 Å². The smallest absolute Gasteiger partial charge is 0.291 e. The fourth-order valence-electron chi connectivity index (χ4n) is 7.18. The number of aromatic nitrogens is 3. The van der Waals surface area contributed by atoms with Crippen molar-refractivity contribution in [3.05, 3.63) is 81.5 Å². The molecular formula is C37H40Cl2N8O4. The molecule has 266 valence electrons. The number of carbonyl (C=O) groups is 3. The summed E-state index contributed by atoms with van der Waals surface area (Å²) in [7, 11) is 3.48. The number of pyridine rings is 1. The number of carbonyl (C=O) groups excluding carboxylic acids is 3. The van der Waals surface area contributed by atoms with E-state index in [1.54, 1.807) is 25.4 Å². The van der Waals surface area contributed by atoms with Crippen molar-refractivity contribution < 1.29 is 19.1 Å². The second-order valence-electron chi connectivity index (χ2n) is 13.3. The zero-order valence-electron chi connectivity index (χ0n) is 28.5. The topological polar surface area (TPSA) is 143 Å². The van der Waals surface area contributed by atoms with Crippen LogP contribution in [0.15, 0.2) is 48.7 Å². The average molecular weight is 732 g/mol. The number of nitrogens with zero attached hydrogens (tertiary/aromatic N) is 4. The van der Waals surface area contributed by atoms with Crippen molar-refractivity contribution in [2.75, 3.05) is 32.1 Å². The Labute approximate surface area is 306 Å². The molecule has 0 radical (unpaired) electrons. The van der Waals surface area contributed by atoms with E-state index in [1.807, 2.05) is 41.9 Å². The fourth-order valence-corrected chi connectivity index (χ4v) is 7.78. The Kier molecular flexibility index (Phi) is 10.3. The van der Waals surface area contributed by atoms with Crippen LogP contribution < -0.4 is 26.0 Å². The van der Waals surface area contributed by atoms with E-state index in [1.165, 1.54) is 0 Å². The lowest BCUT2D eigenvalue weighted by Crippen LogP contribution is -2.41. The van der Waals surface area contributed by atoms with Crippen LogP contribution >= 0.6 is 23.2 Å². The van der Waals surface area contributed by atoms with E-state index in [9.17, 15) is 14.4 Å². The van der Waals surface area contributed by atoms with Gasteiger partial charge < -0.3 is 30.6 Å². The Balaban J connectivity index is 1.06. The molecule has 4 aromatic rings. The van der Waals surface area contributed by atoms with E-state index in [4.69, 9.17) is 32.9 Å². The first kappa shape index (κ1) is 34.9. The van der Waals surface area contributed by atoms with Crippen molar-refractivity contribution in [1.82, 2.24) is 35.4 Å². The van der Waals surface area contributed by atoms with Crippen molar-refractivity contribution in [2.24, 2.45) is 7.05 Å². The highest BCUT2D eigenvalue weighted by Crippen LogP contribution is 2.41. The van der Waals surface area contributed by atoms with E-state index < -0.39 is 0 Å². The molecule has 14 heteroatoms. The van der Waals surface area contributed by atoms with E-state index in [0.29, 0.717) is 76.6 Å². The molecule has 12 nitrogen and oxygen atoms in total. The molecule has 2 aromatic carbocycles. The van der Waals surface area contributed by atoms with Gasteiger partial charge in [-0.1, -0.05) is 47.5 Å². The van der Waals surface area contributed by atoms with Crippen LogP contribution in [-0.4, -0.2) is 76.0 Å². The normalized spacial score (nSPS) is 18.7. The molecule has 0 bridgehead atoms. The molecule has 0 spiro atoms. The molecule has 51 heavy (non-hydrogen) atoms. The summed E-state index contributed by atoms with van der Waals surface area (Å²) in [5.41, 5.74) is 5.95. The molecule has 5 heterocycles. The summed E-state index contributed by atoms with van der Waals surface area (Å²) in [5.74, 6) is 0.828. The summed E-state index contributed by atoms with van der Waals surface area (Å²) in [4.78, 5) is 48.4. The number of benzene rings is 2. The van der Waals surface area contributed by atoms with Gasteiger partial charge in [0.25, 0.3) is 5.91 Å². The highest BCUT2D eigenvalue weighted by Gasteiger charge is 2.29. The van der Waals surface area contributed by atoms with Crippen LogP contribution in [0.2, 0.25) is 10.0 Å². The molecule has 3 aliphatic rings. The van der Waals surface area contributed by atoms with Crippen molar-refractivity contribution >= 4 is 46.6 Å². The molecule has 7 rings (SSSR count). The predicted octanol–water partition coefficient (Wildman–Crippen LogP) is 4.72. The predicted molar refractivity (Wildman–Crippen MR) is 196 cm³/mol. The first-order valence-electron chi connectivity index (χ1n) is 17.2. The highest BCUT2D eigenvalue weighted by atomic mass is 35.5. The second-order valence-corrected chi connectivity index (χ2v) is 14.0. The summed E-state index contributed by atoms with van der Waals surface area (Å²) in [5, 5.41) is 13.1. The third-order valence-corrected chi connectivity index (χ3v) is 10.7. The quantitative estimate of drug-likeness (QED) is 0.174. The highest BCUT2D eigenvalue weighted by molar-refractivity contribution is 6.39. The number of methoxy groups -OCH3 is 1. The molecule has 2 fully saturated rings. The summed E-state index contributed by atoms with van der Waals surface area (Å²) in [6, 6.07) is 13.3. The lowest BCUT2D eigenvalue weighted by atomic mass is 10.0. The SMILES string of the molecule is COc1cc(-c2nccc(-c3cccc(NC(=O)c4nc5c(n4C)CCN(C[C@H]4CCC(=O)N4)C5)c3Cl)c2Cl)ccc1CNC[C@@H]1CCC(=O)N1. The molecule has 2 atom stereocenters. The molecule has 0 saturated carbocycles. The first-order valence-corrected chi connectivity index (χ1v) is 17.9. The number of amides is 3. The average Bonchev–Trinajstić information content (AvgIpc) is 3.83. The molecule has 2 saturated heterocycles. The number of halogens is 2. The maximum Gasteiger partial charge on any atom is 0.291 e. The maximum absolute atomic E-state index is 13.6. The lowest BCUT2D eigenvalue weighted by Gasteiger charge is -2.28. The first-order chi connectivity index (χ1) is 24.7. The Morgan fingerprint density at radius 3 is 2.51 bits per heavy atom. The second kappa shape index (κ2) is 15.0. The zero-order chi connectivity index (χ0) is 35.6. The minimum atomic E-state index is -0.364. The number of fused-ring (bicyclic) bond motifs is 1. The minimum absolute atomic E-state index is 0.0947. The number of hydrogen-bond donors (Lipinski definition) is 4. The van der Waals surface area contributed by atoms with Crippen LogP contribution in [0.5, 0.6) is 5.75 Å². The Bertz CT molecular complexity index is 2000. The summed E-state index contributed by atoms with van der Waals surface area (Å²) in [6.07, 6.45) is 5.25. The van der Waals surface area contributed by atoms with E-state index in [2.05, 4.69) is 31.2 Å². The lowest BCUT2D eigenvalue weighted by molar-refractivity contribution is -0.120. The van der Waals surface area contributed by atoms with Gasteiger partial charge in [-0.2, -0.15) is 0 Å². The molecule has 3 amide bonds. The van der Waals surface area contributed by atoms with Crippen molar-refractivity contribution in [3.63, 3.8) is 0 Å². The number of imidazole rings is 1. The van der Waals surface area contributed by atoms with Gasteiger partial charge in [0.05, 0.1) is 34.2 Å². The van der Waals surface area contributed by atoms with E-state index in [0.717, 1.165) is 54.9 Å². The molecular weight excluding hydrogens is 691 g/mol. The van der Waals surface area contributed by atoms with Gasteiger partial charge in [-0.05, 0) is 31.0 Å². The van der Waals surface area contributed by atoms with Gasteiger partial charge in [-0.25, -0.2) is 4.98 Å². The third-order valence-electron chi connectivity index (χ3n) is 9.88. The summed E-state index contributed by atoms with van der Waals surface area (Å²) >= 11 is 14.0. The van der Waals surface area contributed by atoms with Gasteiger partial charge in [-0.15, -0.1) is 0 Å². The Morgan fingerprint density at radius 2 is 1.76 bits per heavy atom. The summed E-state index contributed by atoms with van der Waals surface area (Å²) < 4.78 is 7.57. The van der Waals surface area contributed by atoms with E-state index in [-0.39, 0.29) is 29.8 Å². The molecule has 0 unspecified atom stereocenters. The minimum Gasteiger partial charge on any atom is -0.496 e. The molecule has 2 aromatic heterocycles. The Hall–Kier alpha value is -4.49. The number of hydrogen-bond acceptors (Lipinski definition) is 8. The number of ether oxygens (including phenoxy) is 1. The number of anilines is 1. The Morgan fingerprint density at radius 1 is 1.00 bits per heavy atom. The van der Waals surface area contributed by atoms with Gasteiger partial charge in [0.1, 0.15) is 5.75 Å². The largest absolute Gasteiger partial charge is 0.496 e. The van der Waals surface area contributed by atoms with Crippen LogP contribution in [0, 0.1) is 0 Å². The van der Waals surface area contributed by atoms with Crippen molar-refractivity contribution in [1.29, 1.82) is 0 Å². The van der Waals surface area contributed by atoms with Gasteiger partial charge >= 0.3 is 0 Å². The van der Waals surface area contributed by atoms with E-state index >= 15 is 0 Å². The molecule has 4 N–H and O–H groups in total. The number of rotatable bonds is 11.